The molecule has 1 aliphatic carbocycles. The molecule has 1 heterocycles. The lowest BCUT2D eigenvalue weighted by molar-refractivity contribution is -0.776. The summed E-state index contributed by atoms with van der Waals surface area (Å²) < 4.78 is 1.00. The van der Waals surface area contributed by atoms with E-state index in [-0.39, 0.29) is 0 Å². The first-order valence-corrected chi connectivity index (χ1v) is 9.91. The van der Waals surface area contributed by atoms with Crippen LogP contribution in [0.15, 0.2) is 110 Å². The SMILES string of the molecule is C=C/C=C\C(=C)C1=C([N+]2(C(C=C)C/C=C/C(C=C)CC=C)CC2)C=CCC1. The van der Waals surface area contributed by atoms with Crippen LogP contribution in [0, 0.1) is 5.92 Å². The number of nitrogens with zero attached hydrogens (tertiary/aromatic N) is 1. The Labute approximate surface area is 166 Å². The van der Waals surface area contributed by atoms with Crippen LogP contribution >= 0.6 is 0 Å². The van der Waals surface area contributed by atoms with Crippen LogP contribution in [0.5, 0.6) is 0 Å². The molecule has 0 bridgehead atoms. The molecule has 0 saturated carbocycles. The molecule has 1 heteroatoms. The van der Waals surface area contributed by atoms with Crippen molar-refractivity contribution in [3.05, 3.63) is 110 Å². The van der Waals surface area contributed by atoms with Gasteiger partial charge in [0.05, 0.1) is 0 Å². The highest BCUT2D eigenvalue weighted by atomic mass is 15.5. The Morgan fingerprint density at radius 1 is 1.11 bits per heavy atom. The van der Waals surface area contributed by atoms with Crippen LogP contribution < -0.4 is 0 Å². The van der Waals surface area contributed by atoms with Crippen molar-refractivity contribution < 1.29 is 4.48 Å². The molecular weight excluding hydrogens is 326 g/mol. The normalized spacial score (nSPS) is 20.4. The van der Waals surface area contributed by atoms with Crippen LogP contribution in [0.1, 0.15) is 25.7 Å². The maximum atomic E-state index is 4.31. The predicted octanol–water partition coefficient (Wildman–Crippen LogP) is 6.60. The monoisotopic (exact) mass is 360 g/mol. The van der Waals surface area contributed by atoms with E-state index in [1.165, 1.54) is 24.4 Å². The van der Waals surface area contributed by atoms with Crippen molar-refractivity contribution in [3.63, 3.8) is 0 Å². The number of hydrogen-bond acceptors (Lipinski definition) is 0. The fourth-order valence-electron chi connectivity index (χ4n) is 3.88. The van der Waals surface area contributed by atoms with E-state index in [1.807, 2.05) is 24.3 Å². The van der Waals surface area contributed by atoms with Gasteiger partial charge in [0.15, 0.2) is 0 Å². The maximum absolute atomic E-state index is 4.31. The molecule has 2 aliphatic rings. The minimum atomic E-state index is 0.365. The average Bonchev–Trinajstić information content (AvgIpc) is 3.50. The molecule has 0 aromatic heterocycles. The lowest BCUT2D eigenvalue weighted by Gasteiger charge is -2.30. The number of hydrogen-bond donors (Lipinski definition) is 0. The largest absolute Gasteiger partial charge is 0.276 e. The van der Waals surface area contributed by atoms with Gasteiger partial charge in [0, 0.05) is 12.0 Å². The smallest absolute Gasteiger partial charge is 0.137 e. The van der Waals surface area contributed by atoms with Crippen molar-refractivity contribution in [1.29, 1.82) is 0 Å². The molecule has 0 spiro atoms. The summed E-state index contributed by atoms with van der Waals surface area (Å²) >= 11 is 0. The highest BCUT2D eigenvalue weighted by Crippen LogP contribution is 2.42. The Kier molecular flexibility index (Phi) is 7.82. The highest BCUT2D eigenvalue weighted by Gasteiger charge is 2.51. The van der Waals surface area contributed by atoms with Gasteiger partial charge in [-0.2, -0.15) is 0 Å². The summed E-state index contributed by atoms with van der Waals surface area (Å²) in [7, 11) is 0. The van der Waals surface area contributed by atoms with Gasteiger partial charge >= 0.3 is 0 Å². The third-order valence-corrected chi connectivity index (χ3v) is 5.56. The second kappa shape index (κ2) is 10.1. The molecule has 1 aliphatic heterocycles. The average molecular weight is 361 g/mol. The molecule has 1 fully saturated rings. The predicted molar refractivity (Wildman–Crippen MR) is 120 cm³/mol. The Morgan fingerprint density at radius 2 is 1.89 bits per heavy atom. The van der Waals surface area contributed by atoms with Gasteiger partial charge in [-0.15, -0.1) is 13.2 Å². The molecule has 0 N–H and O–H groups in total. The third kappa shape index (κ3) is 5.08. The standard InChI is InChI=1S/C26H34N/c1-6-10-15-22(5)25-18-11-12-19-26(25)27(20-21-27)24(9-4)17-13-16-23(8-3)14-7-2/h6-10,12-13,15-16,19,23-24H,1-5,11,14,17-18,20-21H2/q+1/b15-10-,16-13+. The Morgan fingerprint density at radius 3 is 2.48 bits per heavy atom. The molecule has 1 nitrogen and oxygen atoms in total. The second-order valence-corrected chi connectivity index (χ2v) is 7.30. The van der Waals surface area contributed by atoms with Crippen LogP contribution in [0.25, 0.3) is 0 Å². The van der Waals surface area contributed by atoms with Crippen molar-refractivity contribution >= 4 is 0 Å². The lowest BCUT2D eigenvalue weighted by atomic mass is 9.93. The zero-order valence-corrected chi connectivity index (χ0v) is 16.7. The molecule has 0 aromatic rings. The summed E-state index contributed by atoms with van der Waals surface area (Å²) in [6, 6.07) is 0.388. The zero-order chi connectivity index (χ0) is 19.7. The van der Waals surface area contributed by atoms with E-state index < -0.39 is 0 Å². The van der Waals surface area contributed by atoms with Gasteiger partial charge in [0.2, 0.25) is 0 Å². The van der Waals surface area contributed by atoms with E-state index in [1.54, 1.807) is 0 Å². The Bertz CT molecular complexity index is 706. The van der Waals surface area contributed by atoms with Gasteiger partial charge in [0.25, 0.3) is 0 Å². The summed E-state index contributed by atoms with van der Waals surface area (Å²) in [5.74, 6) is 0.365. The van der Waals surface area contributed by atoms with Crippen LogP contribution in [-0.2, 0) is 0 Å². The fourth-order valence-corrected chi connectivity index (χ4v) is 3.88. The maximum Gasteiger partial charge on any atom is 0.137 e. The van der Waals surface area contributed by atoms with Crippen LogP contribution in [0.4, 0.5) is 0 Å². The third-order valence-electron chi connectivity index (χ3n) is 5.56. The molecule has 0 radical (unpaired) electrons. The molecule has 2 rings (SSSR count). The molecular formula is C26H34N+. The first-order chi connectivity index (χ1) is 13.1. The first-order valence-electron chi connectivity index (χ1n) is 9.91. The quantitative estimate of drug-likeness (QED) is 0.159. The minimum Gasteiger partial charge on any atom is -0.276 e. The lowest BCUT2D eigenvalue weighted by Crippen LogP contribution is -2.36. The van der Waals surface area contributed by atoms with E-state index in [0.29, 0.717) is 12.0 Å². The number of rotatable bonds is 12. The fraction of sp³-hybridized carbons (Fsp3) is 0.308. The van der Waals surface area contributed by atoms with Gasteiger partial charge in [-0.05, 0) is 42.9 Å². The summed E-state index contributed by atoms with van der Waals surface area (Å²) in [6.45, 7) is 22.3. The van der Waals surface area contributed by atoms with Crippen molar-refractivity contribution in [2.24, 2.45) is 5.92 Å². The van der Waals surface area contributed by atoms with Gasteiger partial charge in [-0.3, -0.25) is 4.48 Å². The molecule has 1 saturated heterocycles. The Hall–Kier alpha value is -2.38. The van der Waals surface area contributed by atoms with E-state index in [9.17, 15) is 0 Å². The van der Waals surface area contributed by atoms with Crippen LogP contribution in [0.3, 0.4) is 0 Å². The molecule has 27 heavy (non-hydrogen) atoms. The van der Waals surface area contributed by atoms with Crippen LogP contribution in [-0.4, -0.2) is 23.6 Å². The second-order valence-electron chi connectivity index (χ2n) is 7.30. The summed E-state index contributed by atoms with van der Waals surface area (Å²) in [5, 5.41) is 0. The minimum absolute atomic E-state index is 0.365. The highest BCUT2D eigenvalue weighted by molar-refractivity contribution is 5.45. The zero-order valence-electron chi connectivity index (χ0n) is 16.7. The Balaban J connectivity index is 2.24. The summed E-state index contributed by atoms with van der Waals surface area (Å²) in [6.07, 6.45) is 25.2. The molecule has 2 atom stereocenters. The summed E-state index contributed by atoms with van der Waals surface area (Å²) in [5.41, 5.74) is 3.92. The summed E-state index contributed by atoms with van der Waals surface area (Å²) in [4.78, 5) is 0. The molecule has 0 aromatic carbocycles. The van der Waals surface area contributed by atoms with Gasteiger partial charge in [-0.25, -0.2) is 0 Å². The van der Waals surface area contributed by atoms with Crippen molar-refractivity contribution in [2.45, 2.75) is 31.7 Å². The number of allylic oxidation sites excluding steroid dienone is 10. The van der Waals surface area contributed by atoms with Gasteiger partial charge < -0.3 is 0 Å². The molecule has 0 amide bonds. The van der Waals surface area contributed by atoms with Gasteiger partial charge in [0.1, 0.15) is 24.8 Å². The number of quaternary nitrogens is 1. The van der Waals surface area contributed by atoms with E-state index >= 15 is 0 Å². The van der Waals surface area contributed by atoms with Crippen molar-refractivity contribution in [1.82, 2.24) is 0 Å². The van der Waals surface area contributed by atoms with Gasteiger partial charge in [-0.1, -0.05) is 68.3 Å². The molecule has 2 unspecified atom stereocenters. The van der Waals surface area contributed by atoms with E-state index in [4.69, 9.17) is 0 Å². The van der Waals surface area contributed by atoms with E-state index in [2.05, 4.69) is 69.4 Å². The van der Waals surface area contributed by atoms with Crippen LogP contribution in [0.2, 0.25) is 0 Å². The first kappa shape index (κ1) is 20.9. The van der Waals surface area contributed by atoms with E-state index in [0.717, 1.165) is 35.7 Å². The van der Waals surface area contributed by atoms with Crippen molar-refractivity contribution in [2.75, 3.05) is 13.1 Å². The van der Waals surface area contributed by atoms with Crippen molar-refractivity contribution in [3.8, 4) is 0 Å². The topological polar surface area (TPSA) is 0 Å². The molecule has 142 valence electrons.